The Kier molecular flexibility index (Phi) is 13.3. The second-order valence-electron chi connectivity index (χ2n) is 2.03. The van der Waals surface area contributed by atoms with Crippen molar-refractivity contribution in [2.24, 2.45) is 0 Å². The summed E-state index contributed by atoms with van der Waals surface area (Å²) in [6.07, 6.45) is 0. The van der Waals surface area contributed by atoms with Crippen molar-refractivity contribution in [3.05, 3.63) is 0 Å². The highest BCUT2D eigenvalue weighted by molar-refractivity contribution is 7.05. The number of hydrogen-bond acceptors (Lipinski definition) is 0. The molecule has 0 N–H and O–H groups in total. The summed E-state index contributed by atoms with van der Waals surface area (Å²) in [5.74, 6) is 8.28. The zero-order valence-corrected chi connectivity index (χ0v) is 9.73. The van der Waals surface area contributed by atoms with Crippen molar-refractivity contribution in [1.29, 1.82) is 0 Å². The van der Waals surface area contributed by atoms with Crippen molar-refractivity contribution in [3.63, 3.8) is 0 Å². The van der Waals surface area contributed by atoms with E-state index in [1.807, 2.05) is 0 Å². The van der Waals surface area contributed by atoms with Crippen LogP contribution in [0.4, 0.5) is 0 Å². The van der Waals surface area contributed by atoms with E-state index in [0.717, 1.165) is 0 Å². The van der Waals surface area contributed by atoms with Gasteiger partial charge in [0.1, 0.15) is 0 Å². The van der Waals surface area contributed by atoms with Gasteiger partial charge in [0.2, 0.25) is 0 Å². The second-order valence-corrected chi connectivity index (χ2v) is 11.3. The molecule has 0 aromatic carbocycles. The molecule has 0 aliphatic rings. The Labute approximate surface area is 69.4 Å². The van der Waals surface area contributed by atoms with E-state index < -0.39 is 26.5 Å². The summed E-state index contributed by atoms with van der Waals surface area (Å²) in [6, 6.07) is 0. The first kappa shape index (κ1) is 12.3. The van der Waals surface area contributed by atoms with E-state index in [9.17, 15) is 0 Å². The van der Waals surface area contributed by atoms with Crippen LogP contribution in [-0.2, 0) is 0 Å². The average Bonchev–Trinajstić information content (AvgIpc) is 1.25. The van der Waals surface area contributed by atoms with Crippen molar-refractivity contribution >= 4 is 46.6 Å². The summed E-state index contributed by atoms with van der Waals surface area (Å²) >= 11 is -1.33. The summed E-state index contributed by atoms with van der Waals surface area (Å²) in [7, 11) is 10.8. The fourth-order valence-electron chi connectivity index (χ4n) is 0. The van der Waals surface area contributed by atoms with Crippen LogP contribution in [-0.4, -0.2) is 26.5 Å². The van der Waals surface area contributed by atoms with Crippen molar-refractivity contribution < 1.29 is 0 Å². The van der Waals surface area contributed by atoms with Gasteiger partial charge in [-0.3, -0.25) is 20.1 Å². The number of hydrogen-bond donors (Lipinski definition) is 0. The Hall–Kier alpha value is 1.64. The molecule has 8 heavy (non-hydrogen) atoms. The van der Waals surface area contributed by atoms with Crippen LogP contribution in [0.1, 0.15) is 0 Å². The summed E-state index contributed by atoms with van der Waals surface area (Å²) in [5, 5.41) is 0. The topological polar surface area (TPSA) is 0 Å². The minimum absolute atomic E-state index is 0.667. The van der Waals surface area contributed by atoms with Gasteiger partial charge >= 0.3 is 26.5 Å². The Morgan fingerprint density at radius 1 is 0.750 bits per heavy atom. The standard InChI is InChI=1S/4CH3.2Al.2ClH/h4*1H3;;;2*1H/q;;;;2*+1;;/p-2. The van der Waals surface area contributed by atoms with Gasteiger partial charge < -0.3 is 0 Å². The summed E-state index contributed by atoms with van der Waals surface area (Å²) in [5.41, 5.74) is 0. The second kappa shape index (κ2) is 8.64. The van der Waals surface area contributed by atoms with Crippen molar-refractivity contribution in [1.82, 2.24) is 0 Å². The molecule has 0 rings (SSSR count). The summed E-state index contributed by atoms with van der Waals surface area (Å²) in [6.45, 7) is 0. The molecule has 0 atom stereocenters. The van der Waals surface area contributed by atoms with Crippen LogP contribution < -0.4 is 0 Å². The van der Waals surface area contributed by atoms with E-state index in [1.165, 1.54) is 0 Å². The molecule has 0 aliphatic carbocycles. The van der Waals surface area contributed by atoms with Crippen molar-refractivity contribution in [2.45, 2.75) is 23.1 Å². The minimum Gasteiger partial charge on any atom is -0.262 e. The van der Waals surface area contributed by atoms with Gasteiger partial charge in [-0.2, -0.15) is 0 Å². The van der Waals surface area contributed by atoms with Gasteiger partial charge in [0.05, 0.1) is 0 Å². The van der Waals surface area contributed by atoms with Crippen LogP contribution in [0.15, 0.2) is 0 Å². The van der Waals surface area contributed by atoms with Gasteiger partial charge in [0, 0.05) is 0 Å². The zero-order chi connectivity index (χ0) is 7.15. The van der Waals surface area contributed by atoms with E-state index in [0.29, 0.717) is 0 Å². The molecule has 0 heterocycles. The molecule has 4 heteroatoms. The van der Waals surface area contributed by atoms with Crippen LogP contribution in [0.5, 0.6) is 0 Å². The first-order chi connectivity index (χ1) is 3.46. The number of rotatable bonds is 0. The monoisotopic (exact) mass is 184 g/mol. The lowest BCUT2D eigenvalue weighted by atomic mass is 11.9. The van der Waals surface area contributed by atoms with Gasteiger partial charge in [0.15, 0.2) is 0 Å². The molecule has 0 bridgehead atoms. The van der Waals surface area contributed by atoms with E-state index >= 15 is 0 Å². The lowest BCUT2D eigenvalue weighted by Crippen LogP contribution is -1.78. The molecule has 0 nitrogen and oxygen atoms in total. The SMILES string of the molecule is [CH3][Al]([CH3])[Cl].[CH3][Al]([CH3])[Cl]. The van der Waals surface area contributed by atoms with Gasteiger partial charge in [-0.25, -0.2) is 0 Å². The van der Waals surface area contributed by atoms with Crippen LogP contribution in [0.25, 0.3) is 0 Å². The molecule has 0 amide bonds. The molecule has 48 valence electrons. The minimum atomic E-state index is -0.667. The lowest BCUT2D eigenvalue weighted by molar-refractivity contribution is 2.10. The smallest absolute Gasteiger partial charge is 0.262 e. The van der Waals surface area contributed by atoms with Gasteiger partial charge in [0.25, 0.3) is 0 Å². The Bertz CT molecular complexity index is 27.5. The van der Waals surface area contributed by atoms with E-state index in [2.05, 4.69) is 23.1 Å². The molecule has 0 saturated carbocycles. The molecule has 0 aliphatic heterocycles. The van der Waals surface area contributed by atoms with E-state index in [1.54, 1.807) is 0 Å². The molecule has 0 saturated heterocycles. The van der Waals surface area contributed by atoms with Crippen LogP contribution in [0.3, 0.4) is 0 Å². The highest BCUT2D eigenvalue weighted by Crippen LogP contribution is 1.80. The van der Waals surface area contributed by atoms with Gasteiger partial charge in [-0.1, -0.05) is 23.1 Å². The quantitative estimate of drug-likeness (QED) is 0.509. The highest BCUT2D eigenvalue weighted by atomic mass is 35.6. The third-order valence-corrected chi connectivity index (χ3v) is 0. The zero-order valence-electron chi connectivity index (χ0n) is 5.91. The van der Waals surface area contributed by atoms with Crippen LogP contribution in [0, 0.1) is 0 Å². The Morgan fingerprint density at radius 2 is 0.750 bits per heavy atom. The maximum Gasteiger partial charge on any atom is 0.393 e. The summed E-state index contributed by atoms with van der Waals surface area (Å²) in [4.78, 5) is 0. The fraction of sp³-hybridized carbons (Fsp3) is 1.00. The molecule has 0 aromatic rings. The predicted molar refractivity (Wildman–Crippen MR) is 46.7 cm³/mol. The maximum atomic E-state index is 5.41. The van der Waals surface area contributed by atoms with Crippen molar-refractivity contribution in [2.75, 3.05) is 0 Å². The van der Waals surface area contributed by atoms with Gasteiger partial charge in [-0.05, 0) is 0 Å². The molecular weight excluding hydrogens is 173 g/mol. The molecule has 0 radical (unpaired) electrons. The third-order valence-electron chi connectivity index (χ3n) is 0. The molecular formula is C4H12Al2Cl2. The Morgan fingerprint density at radius 3 is 0.750 bits per heavy atom. The Balaban J connectivity index is 0. The normalized spacial score (nSPS) is 6.75. The van der Waals surface area contributed by atoms with Crippen LogP contribution >= 0.6 is 20.1 Å². The third kappa shape index (κ3) is 125. The first-order valence-corrected chi connectivity index (χ1v) is 10.9. The van der Waals surface area contributed by atoms with Crippen LogP contribution in [0.2, 0.25) is 23.1 Å². The van der Waals surface area contributed by atoms with Gasteiger partial charge in [-0.15, -0.1) is 0 Å². The first-order valence-electron chi connectivity index (χ1n) is 2.75. The predicted octanol–water partition coefficient (Wildman–Crippen LogP) is 2.95. The molecule has 0 spiro atoms. The molecule has 0 unspecified atom stereocenters. The average molecular weight is 185 g/mol. The van der Waals surface area contributed by atoms with Crippen molar-refractivity contribution in [3.8, 4) is 0 Å². The van der Waals surface area contributed by atoms with E-state index in [4.69, 9.17) is 20.1 Å². The number of halogens is 2. The maximum absolute atomic E-state index is 5.41. The largest absolute Gasteiger partial charge is 0.393 e. The fourth-order valence-corrected chi connectivity index (χ4v) is 0. The summed E-state index contributed by atoms with van der Waals surface area (Å²) < 4.78 is 0. The highest BCUT2D eigenvalue weighted by Gasteiger charge is 1.88. The lowest BCUT2D eigenvalue weighted by Gasteiger charge is -1.63. The van der Waals surface area contributed by atoms with E-state index in [-0.39, 0.29) is 0 Å². The molecule has 0 fully saturated rings. The molecule has 0 aromatic heterocycles.